The van der Waals surface area contributed by atoms with Gasteiger partial charge >= 0.3 is 6.09 Å². The number of ether oxygens (including phenoxy) is 1. The molecule has 0 unspecified atom stereocenters. The standard InChI is InChI=1S/C14H16N4O4S/c1-2-22-14(21)17-5-3-16(4-6-17)11(19)10-9-15-13-18(12(10)20)7-8-23-13/h7-9H,2-6H2,1H3. The normalized spacial score (nSPS) is 15.0. The first-order valence-corrected chi connectivity index (χ1v) is 8.15. The van der Waals surface area contributed by atoms with Crippen LogP contribution in [0, 0.1) is 0 Å². The predicted octanol–water partition coefficient (Wildman–Crippen LogP) is 0.670. The smallest absolute Gasteiger partial charge is 0.409 e. The fraction of sp³-hybridized carbons (Fsp3) is 0.429. The Labute approximate surface area is 135 Å². The minimum absolute atomic E-state index is 0.0467. The molecule has 0 N–H and O–H groups in total. The maximum absolute atomic E-state index is 12.5. The van der Waals surface area contributed by atoms with Crippen LogP contribution < -0.4 is 5.56 Å². The molecule has 0 radical (unpaired) electrons. The molecular weight excluding hydrogens is 320 g/mol. The predicted molar refractivity (Wildman–Crippen MR) is 83.8 cm³/mol. The summed E-state index contributed by atoms with van der Waals surface area (Å²) in [5, 5.41) is 1.75. The molecule has 122 valence electrons. The third-order valence-electron chi connectivity index (χ3n) is 3.67. The van der Waals surface area contributed by atoms with Gasteiger partial charge in [0.05, 0.1) is 6.61 Å². The molecular formula is C14H16N4O4S. The van der Waals surface area contributed by atoms with Gasteiger partial charge in [0.1, 0.15) is 5.56 Å². The first kappa shape index (κ1) is 15.5. The van der Waals surface area contributed by atoms with Gasteiger partial charge in [-0.2, -0.15) is 0 Å². The average molecular weight is 336 g/mol. The van der Waals surface area contributed by atoms with Gasteiger partial charge in [-0.25, -0.2) is 9.78 Å². The van der Waals surface area contributed by atoms with E-state index in [1.807, 2.05) is 0 Å². The minimum Gasteiger partial charge on any atom is -0.450 e. The Hall–Kier alpha value is -2.42. The first-order valence-electron chi connectivity index (χ1n) is 7.27. The van der Waals surface area contributed by atoms with Gasteiger partial charge in [-0.3, -0.25) is 14.0 Å². The monoisotopic (exact) mass is 336 g/mol. The van der Waals surface area contributed by atoms with E-state index >= 15 is 0 Å². The first-order chi connectivity index (χ1) is 11.1. The number of piperazine rings is 1. The number of fused-ring (bicyclic) bond motifs is 1. The molecule has 1 aliphatic heterocycles. The summed E-state index contributed by atoms with van der Waals surface area (Å²) >= 11 is 1.33. The van der Waals surface area contributed by atoms with E-state index < -0.39 is 0 Å². The molecule has 3 rings (SSSR count). The largest absolute Gasteiger partial charge is 0.450 e. The average Bonchev–Trinajstić information content (AvgIpc) is 3.04. The van der Waals surface area contributed by atoms with E-state index in [0.29, 0.717) is 37.7 Å². The van der Waals surface area contributed by atoms with Gasteiger partial charge in [-0.1, -0.05) is 0 Å². The second-order valence-electron chi connectivity index (χ2n) is 5.01. The van der Waals surface area contributed by atoms with Crippen molar-refractivity contribution in [1.82, 2.24) is 19.2 Å². The number of amides is 2. The number of aromatic nitrogens is 2. The van der Waals surface area contributed by atoms with Gasteiger partial charge in [-0.15, -0.1) is 11.3 Å². The van der Waals surface area contributed by atoms with Crippen LogP contribution in [0.4, 0.5) is 4.79 Å². The van der Waals surface area contributed by atoms with Gasteiger partial charge in [-0.05, 0) is 6.92 Å². The summed E-state index contributed by atoms with van der Waals surface area (Å²) in [6.07, 6.45) is 2.56. The molecule has 1 saturated heterocycles. The summed E-state index contributed by atoms with van der Waals surface area (Å²) in [4.78, 5) is 44.3. The Bertz CT molecular complexity index is 791. The third-order valence-corrected chi connectivity index (χ3v) is 4.44. The SMILES string of the molecule is CCOC(=O)N1CCN(C(=O)c2cnc3sccn3c2=O)CC1. The Kier molecular flexibility index (Phi) is 4.28. The molecule has 3 heterocycles. The summed E-state index contributed by atoms with van der Waals surface area (Å²) in [6.45, 7) is 3.58. The Morgan fingerprint density at radius 1 is 1.26 bits per heavy atom. The van der Waals surface area contributed by atoms with E-state index in [-0.39, 0.29) is 23.1 Å². The quantitative estimate of drug-likeness (QED) is 0.805. The van der Waals surface area contributed by atoms with E-state index in [0.717, 1.165) is 0 Å². The van der Waals surface area contributed by atoms with Crippen molar-refractivity contribution in [3.05, 3.63) is 33.7 Å². The Morgan fingerprint density at radius 3 is 2.65 bits per heavy atom. The van der Waals surface area contributed by atoms with Crippen molar-refractivity contribution in [2.45, 2.75) is 6.92 Å². The molecule has 8 nitrogen and oxygen atoms in total. The number of hydrogen-bond donors (Lipinski definition) is 0. The molecule has 0 bridgehead atoms. The van der Waals surface area contributed by atoms with Crippen LogP contribution in [-0.4, -0.2) is 64.0 Å². The topological polar surface area (TPSA) is 84.2 Å². The molecule has 2 aromatic rings. The summed E-state index contributed by atoms with van der Waals surface area (Å²) in [7, 11) is 0. The second kappa shape index (κ2) is 6.37. The van der Waals surface area contributed by atoms with Crippen molar-refractivity contribution < 1.29 is 14.3 Å². The van der Waals surface area contributed by atoms with Gasteiger partial charge < -0.3 is 14.5 Å². The molecule has 0 aromatic carbocycles. The van der Waals surface area contributed by atoms with Crippen LogP contribution >= 0.6 is 11.3 Å². The van der Waals surface area contributed by atoms with Gasteiger partial charge in [0.2, 0.25) is 0 Å². The van der Waals surface area contributed by atoms with Crippen LogP contribution in [0.1, 0.15) is 17.3 Å². The van der Waals surface area contributed by atoms with E-state index in [2.05, 4.69) is 4.98 Å². The summed E-state index contributed by atoms with van der Waals surface area (Å²) < 4.78 is 6.31. The summed E-state index contributed by atoms with van der Waals surface area (Å²) in [6, 6.07) is 0. The molecule has 1 aliphatic rings. The van der Waals surface area contributed by atoms with Gasteiger partial charge in [0, 0.05) is 44.0 Å². The lowest BCUT2D eigenvalue weighted by Gasteiger charge is -2.33. The van der Waals surface area contributed by atoms with Crippen LogP contribution in [-0.2, 0) is 4.74 Å². The van der Waals surface area contributed by atoms with E-state index in [9.17, 15) is 14.4 Å². The molecule has 0 aliphatic carbocycles. The van der Waals surface area contributed by atoms with Crippen LogP contribution in [0.15, 0.2) is 22.6 Å². The van der Waals surface area contributed by atoms with Crippen molar-refractivity contribution >= 4 is 28.3 Å². The molecule has 9 heteroatoms. The zero-order chi connectivity index (χ0) is 16.4. The van der Waals surface area contributed by atoms with Crippen LogP contribution in [0.25, 0.3) is 4.96 Å². The van der Waals surface area contributed by atoms with Crippen LogP contribution in [0.3, 0.4) is 0 Å². The van der Waals surface area contributed by atoms with Crippen molar-refractivity contribution in [2.24, 2.45) is 0 Å². The van der Waals surface area contributed by atoms with E-state index in [4.69, 9.17) is 4.74 Å². The molecule has 0 atom stereocenters. The van der Waals surface area contributed by atoms with Gasteiger partial charge in [0.25, 0.3) is 11.5 Å². The summed E-state index contributed by atoms with van der Waals surface area (Å²) in [5.74, 6) is -0.355. The highest BCUT2D eigenvalue weighted by Gasteiger charge is 2.27. The molecule has 0 saturated carbocycles. The number of carbonyl (C=O) groups excluding carboxylic acids is 2. The van der Waals surface area contributed by atoms with Gasteiger partial charge in [0.15, 0.2) is 4.96 Å². The number of rotatable bonds is 2. The Balaban J connectivity index is 1.73. The highest BCUT2D eigenvalue weighted by molar-refractivity contribution is 7.15. The number of thiazole rings is 1. The Morgan fingerprint density at radius 2 is 1.96 bits per heavy atom. The lowest BCUT2D eigenvalue weighted by atomic mass is 10.2. The molecule has 23 heavy (non-hydrogen) atoms. The third kappa shape index (κ3) is 2.91. The van der Waals surface area contributed by atoms with Crippen molar-refractivity contribution in [1.29, 1.82) is 0 Å². The maximum Gasteiger partial charge on any atom is 0.409 e. The number of hydrogen-bond acceptors (Lipinski definition) is 6. The molecule has 2 aromatic heterocycles. The van der Waals surface area contributed by atoms with Crippen LogP contribution in [0.5, 0.6) is 0 Å². The number of nitrogens with zero attached hydrogens (tertiary/aromatic N) is 4. The molecule has 2 amide bonds. The molecule has 1 fully saturated rings. The highest BCUT2D eigenvalue weighted by atomic mass is 32.1. The maximum atomic E-state index is 12.5. The van der Waals surface area contributed by atoms with Crippen LogP contribution in [0.2, 0.25) is 0 Å². The van der Waals surface area contributed by atoms with Crippen molar-refractivity contribution in [3.8, 4) is 0 Å². The number of carbonyl (C=O) groups is 2. The molecule has 0 spiro atoms. The van der Waals surface area contributed by atoms with E-state index in [1.54, 1.807) is 28.3 Å². The second-order valence-corrected chi connectivity index (χ2v) is 5.88. The highest BCUT2D eigenvalue weighted by Crippen LogP contribution is 2.10. The van der Waals surface area contributed by atoms with Crippen molar-refractivity contribution in [2.75, 3.05) is 32.8 Å². The van der Waals surface area contributed by atoms with Crippen molar-refractivity contribution in [3.63, 3.8) is 0 Å². The fourth-order valence-electron chi connectivity index (χ4n) is 2.45. The lowest BCUT2D eigenvalue weighted by molar-refractivity contribution is 0.0568. The zero-order valence-corrected chi connectivity index (χ0v) is 13.4. The summed E-state index contributed by atoms with van der Waals surface area (Å²) in [5.41, 5.74) is -0.320. The minimum atomic E-state index is -0.374. The fourth-order valence-corrected chi connectivity index (χ4v) is 3.12. The zero-order valence-electron chi connectivity index (χ0n) is 12.6. The lowest BCUT2D eigenvalue weighted by Crippen LogP contribution is -2.51. The van der Waals surface area contributed by atoms with E-state index in [1.165, 1.54) is 21.9 Å².